The molecule has 0 unspecified atom stereocenters. The van der Waals surface area contributed by atoms with Crippen molar-refractivity contribution in [3.8, 4) is 17.1 Å². The van der Waals surface area contributed by atoms with E-state index in [2.05, 4.69) is 34.4 Å². The average molecular weight is 399 g/mol. The summed E-state index contributed by atoms with van der Waals surface area (Å²) in [6, 6.07) is 17.8. The van der Waals surface area contributed by atoms with Crippen LogP contribution in [0.2, 0.25) is 0 Å². The molecular formula is C18H14N4OS3. The van der Waals surface area contributed by atoms with Crippen LogP contribution in [0.3, 0.4) is 0 Å². The SMILES string of the molecule is Cc1cccc(-n2nc(SCc3nnc(-c4ccccc4)o3)sc2=S)c1. The first-order valence-electron chi connectivity index (χ1n) is 7.87. The number of aromatic nitrogens is 4. The highest BCUT2D eigenvalue weighted by Crippen LogP contribution is 2.28. The number of nitrogens with zero attached hydrogens (tertiary/aromatic N) is 4. The molecule has 0 saturated heterocycles. The van der Waals surface area contributed by atoms with Crippen molar-refractivity contribution in [1.82, 2.24) is 20.0 Å². The highest BCUT2D eigenvalue weighted by atomic mass is 32.2. The summed E-state index contributed by atoms with van der Waals surface area (Å²) >= 11 is 8.47. The smallest absolute Gasteiger partial charge is 0.247 e. The predicted octanol–water partition coefficient (Wildman–Crippen LogP) is 5.31. The quantitative estimate of drug-likeness (QED) is 0.335. The van der Waals surface area contributed by atoms with E-state index in [1.807, 2.05) is 42.5 Å². The number of aryl methyl sites for hydroxylation is 1. The monoisotopic (exact) mass is 398 g/mol. The lowest BCUT2D eigenvalue weighted by molar-refractivity contribution is 0.528. The van der Waals surface area contributed by atoms with Gasteiger partial charge in [0.25, 0.3) is 0 Å². The van der Waals surface area contributed by atoms with Crippen LogP contribution in [0.25, 0.3) is 17.1 Å². The molecule has 26 heavy (non-hydrogen) atoms. The highest BCUT2D eigenvalue weighted by molar-refractivity contribution is 8.00. The largest absolute Gasteiger partial charge is 0.420 e. The molecule has 130 valence electrons. The topological polar surface area (TPSA) is 56.7 Å². The van der Waals surface area contributed by atoms with Crippen LogP contribution < -0.4 is 0 Å². The van der Waals surface area contributed by atoms with Gasteiger partial charge in [-0.15, -0.1) is 15.3 Å². The minimum absolute atomic E-state index is 0.527. The standard InChI is InChI=1S/C18H14N4OS3/c1-12-6-5-9-14(10-12)22-18(24)26-17(21-22)25-11-15-19-20-16(23-15)13-7-3-2-4-8-13/h2-10H,11H2,1H3. The summed E-state index contributed by atoms with van der Waals surface area (Å²) in [4.78, 5) is 0. The highest BCUT2D eigenvalue weighted by Gasteiger charge is 2.11. The zero-order chi connectivity index (χ0) is 17.9. The molecule has 0 aliphatic carbocycles. The molecular weight excluding hydrogens is 384 g/mol. The lowest BCUT2D eigenvalue weighted by Gasteiger charge is -2.01. The van der Waals surface area contributed by atoms with Crippen LogP contribution in [0.1, 0.15) is 11.5 Å². The minimum atomic E-state index is 0.527. The average Bonchev–Trinajstić information content (AvgIpc) is 3.27. The zero-order valence-electron chi connectivity index (χ0n) is 13.8. The fourth-order valence-electron chi connectivity index (χ4n) is 2.37. The number of hydrogen-bond donors (Lipinski definition) is 0. The van der Waals surface area contributed by atoms with Crippen LogP contribution in [-0.4, -0.2) is 20.0 Å². The van der Waals surface area contributed by atoms with Crippen molar-refractivity contribution in [2.75, 3.05) is 0 Å². The zero-order valence-corrected chi connectivity index (χ0v) is 16.3. The first-order valence-corrected chi connectivity index (χ1v) is 10.1. The molecule has 0 saturated carbocycles. The van der Waals surface area contributed by atoms with E-state index >= 15 is 0 Å². The Kier molecular flexibility index (Phi) is 4.96. The van der Waals surface area contributed by atoms with Gasteiger partial charge in [0, 0.05) is 5.56 Å². The predicted molar refractivity (Wildman–Crippen MR) is 106 cm³/mol. The van der Waals surface area contributed by atoms with Gasteiger partial charge in [-0.2, -0.15) is 0 Å². The third kappa shape index (κ3) is 3.77. The van der Waals surface area contributed by atoms with E-state index in [-0.39, 0.29) is 0 Å². The van der Waals surface area contributed by atoms with Crippen LogP contribution in [0.15, 0.2) is 63.4 Å². The van der Waals surface area contributed by atoms with Crippen molar-refractivity contribution in [2.45, 2.75) is 17.0 Å². The number of hydrogen-bond acceptors (Lipinski definition) is 7. The van der Waals surface area contributed by atoms with E-state index in [1.54, 1.807) is 4.68 Å². The Hall–Kier alpha value is -2.29. The van der Waals surface area contributed by atoms with Gasteiger partial charge in [0.1, 0.15) is 0 Å². The Balaban J connectivity index is 1.48. The van der Waals surface area contributed by atoms with Crippen LogP contribution >= 0.6 is 35.3 Å². The molecule has 0 N–H and O–H groups in total. The van der Waals surface area contributed by atoms with Crippen molar-refractivity contribution in [2.24, 2.45) is 0 Å². The minimum Gasteiger partial charge on any atom is -0.420 e. The second kappa shape index (κ2) is 7.53. The number of thioether (sulfide) groups is 1. The molecule has 8 heteroatoms. The van der Waals surface area contributed by atoms with Crippen molar-refractivity contribution in [3.63, 3.8) is 0 Å². The third-order valence-electron chi connectivity index (χ3n) is 3.58. The van der Waals surface area contributed by atoms with Gasteiger partial charge in [-0.1, -0.05) is 53.4 Å². The second-order valence-electron chi connectivity index (χ2n) is 5.54. The maximum Gasteiger partial charge on any atom is 0.247 e. The molecule has 0 atom stereocenters. The van der Waals surface area contributed by atoms with Crippen LogP contribution in [-0.2, 0) is 5.75 Å². The van der Waals surface area contributed by atoms with Crippen molar-refractivity contribution in [3.05, 3.63) is 70.0 Å². The third-order valence-corrected chi connectivity index (χ3v) is 5.93. The molecule has 5 nitrogen and oxygen atoms in total. The fourth-order valence-corrected chi connectivity index (χ4v) is 4.57. The Morgan fingerprint density at radius 1 is 1.12 bits per heavy atom. The summed E-state index contributed by atoms with van der Waals surface area (Å²) in [5.41, 5.74) is 3.06. The Morgan fingerprint density at radius 2 is 1.96 bits per heavy atom. The van der Waals surface area contributed by atoms with E-state index in [0.29, 0.717) is 21.5 Å². The molecule has 4 rings (SSSR count). The maximum absolute atomic E-state index is 5.73. The van der Waals surface area contributed by atoms with Crippen LogP contribution in [0.5, 0.6) is 0 Å². The lowest BCUT2D eigenvalue weighted by atomic mass is 10.2. The van der Waals surface area contributed by atoms with Gasteiger partial charge in [-0.3, -0.25) is 0 Å². The van der Waals surface area contributed by atoms with Gasteiger partial charge in [-0.05, 0) is 49.0 Å². The fraction of sp³-hybridized carbons (Fsp3) is 0.111. The summed E-state index contributed by atoms with van der Waals surface area (Å²) in [7, 11) is 0. The summed E-state index contributed by atoms with van der Waals surface area (Å²) < 4.78 is 9.11. The Bertz CT molecular complexity index is 1090. The molecule has 2 aromatic carbocycles. The molecule has 0 aliphatic heterocycles. The molecule has 0 aliphatic rings. The second-order valence-corrected chi connectivity index (χ2v) is 8.39. The molecule has 0 bridgehead atoms. The first-order chi connectivity index (χ1) is 12.7. The van der Waals surface area contributed by atoms with Crippen LogP contribution in [0, 0.1) is 10.9 Å². The van der Waals surface area contributed by atoms with E-state index in [9.17, 15) is 0 Å². The number of benzene rings is 2. The van der Waals surface area contributed by atoms with E-state index < -0.39 is 0 Å². The Labute approximate surface area is 163 Å². The number of rotatable bonds is 5. The normalized spacial score (nSPS) is 11.0. The molecule has 2 heterocycles. The molecule has 4 aromatic rings. The van der Waals surface area contributed by atoms with Crippen molar-refractivity contribution in [1.29, 1.82) is 0 Å². The summed E-state index contributed by atoms with van der Waals surface area (Å²) in [5.74, 6) is 1.65. The molecule has 0 spiro atoms. The van der Waals surface area contributed by atoms with Crippen LogP contribution in [0.4, 0.5) is 0 Å². The summed E-state index contributed by atoms with van der Waals surface area (Å²) in [6.07, 6.45) is 0. The van der Waals surface area contributed by atoms with Gasteiger partial charge >= 0.3 is 0 Å². The van der Waals surface area contributed by atoms with Crippen molar-refractivity contribution >= 4 is 35.3 Å². The molecule has 2 aromatic heterocycles. The van der Waals surface area contributed by atoms with E-state index in [0.717, 1.165) is 15.6 Å². The molecule has 0 radical (unpaired) electrons. The molecule has 0 fully saturated rings. The molecule has 0 amide bonds. The van der Waals surface area contributed by atoms with E-state index in [4.69, 9.17) is 16.6 Å². The lowest BCUT2D eigenvalue weighted by Crippen LogP contribution is -1.96. The van der Waals surface area contributed by atoms with Crippen molar-refractivity contribution < 1.29 is 4.42 Å². The first kappa shape index (κ1) is 17.1. The van der Waals surface area contributed by atoms with Gasteiger partial charge < -0.3 is 4.42 Å². The maximum atomic E-state index is 5.73. The summed E-state index contributed by atoms with van der Waals surface area (Å²) in [6.45, 7) is 2.05. The van der Waals surface area contributed by atoms with Gasteiger partial charge in [-0.25, -0.2) is 4.68 Å². The van der Waals surface area contributed by atoms with Gasteiger partial charge in [0.15, 0.2) is 8.29 Å². The van der Waals surface area contributed by atoms with Gasteiger partial charge in [0.2, 0.25) is 11.8 Å². The van der Waals surface area contributed by atoms with Gasteiger partial charge in [0.05, 0.1) is 11.4 Å². The summed E-state index contributed by atoms with van der Waals surface area (Å²) in [5, 5.41) is 12.8. The van der Waals surface area contributed by atoms with E-state index in [1.165, 1.54) is 28.7 Å². The Morgan fingerprint density at radius 3 is 2.77 bits per heavy atom.